The second kappa shape index (κ2) is 12.7. The molecule has 0 bridgehead atoms. The topological polar surface area (TPSA) is 109 Å². The average Bonchev–Trinajstić information content (AvgIpc) is 2.85. The van der Waals surface area contributed by atoms with E-state index < -0.39 is 48.9 Å². The first kappa shape index (κ1) is 30.9. The number of aromatic nitrogens is 2. The molecule has 3 rings (SSSR count). The van der Waals surface area contributed by atoms with Gasteiger partial charge in [-0.05, 0) is 37.4 Å². The summed E-state index contributed by atoms with van der Waals surface area (Å²) in [4.78, 5) is 10.1. The molecule has 0 amide bonds. The highest BCUT2D eigenvalue weighted by molar-refractivity contribution is 7.92. The number of fused-ring (bicyclic) bond motifs is 1. The molecule has 0 spiro atoms. The molecule has 1 atom stereocenters. The molecule has 1 fully saturated rings. The molecule has 1 aliphatic heterocycles. The molecule has 1 unspecified atom stereocenters. The van der Waals surface area contributed by atoms with E-state index in [1.165, 1.54) is 4.90 Å². The minimum Gasteiger partial charge on any atom is -0.462 e. The fourth-order valence-corrected chi connectivity index (χ4v) is 6.35. The van der Waals surface area contributed by atoms with Gasteiger partial charge in [0.2, 0.25) is 15.8 Å². The first-order chi connectivity index (χ1) is 18.2. The zero-order chi connectivity index (χ0) is 28.8. The molecule has 216 valence electrons. The molecule has 1 aliphatic rings. The molecule has 14 heteroatoms. The number of hydrogen-bond donors (Lipinski definition) is 0. The first-order valence-corrected chi connectivity index (χ1v) is 18.3. The number of piperidine rings is 1. The first-order valence-electron chi connectivity index (χ1n) is 13.0. The van der Waals surface area contributed by atoms with Crippen LogP contribution in [0.5, 0.6) is 5.88 Å². The number of rotatable bonds is 12. The quantitative estimate of drug-likeness (QED) is 0.148. The smallest absolute Gasteiger partial charge is 0.425 e. The largest absolute Gasteiger partial charge is 0.462 e. The molecule has 0 N–H and O–H groups in total. The van der Waals surface area contributed by atoms with E-state index in [0.717, 1.165) is 10.3 Å². The number of para-hydroxylation sites is 2. The van der Waals surface area contributed by atoms with Crippen molar-refractivity contribution in [2.75, 3.05) is 36.5 Å². The van der Waals surface area contributed by atoms with Gasteiger partial charge in [0.05, 0.1) is 16.8 Å². The lowest BCUT2D eigenvalue weighted by Crippen LogP contribution is -2.46. The number of halogens is 3. The maximum atomic E-state index is 14.3. The maximum absolute atomic E-state index is 14.3. The normalized spacial score (nSPS) is 16.2. The third kappa shape index (κ3) is 8.42. The summed E-state index contributed by atoms with van der Waals surface area (Å²) in [7, 11) is -5.51. The van der Waals surface area contributed by atoms with Crippen LogP contribution in [0, 0.1) is 17.4 Å². The Labute approximate surface area is 229 Å². The standard InChI is InChI=1S/C25H36F3N5O4SSi/c1-5-15-38(34,35)33(18-36-14-16-39(2,3)4)23-24(31-21-9-7-6-8-20(21)30-23)37-22(25(26,27)28)19-10-12-32(17-29)13-11-19/h6-9,19,22H,5,10-16,18H2,1-4H3. The third-order valence-electron chi connectivity index (χ3n) is 6.43. The summed E-state index contributed by atoms with van der Waals surface area (Å²) in [6.45, 7) is 8.38. The molecular weight excluding hydrogens is 551 g/mol. The molecule has 0 aliphatic carbocycles. The second-order valence-corrected chi connectivity index (χ2v) is 18.5. The van der Waals surface area contributed by atoms with Crippen molar-refractivity contribution in [1.29, 1.82) is 5.26 Å². The van der Waals surface area contributed by atoms with Crippen molar-refractivity contribution in [1.82, 2.24) is 14.9 Å². The van der Waals surface area contributed by atoms with Gasteiger partial charge in [-0.25, -0.2) is 22.7 Å². The van der Waals surface area contributed by atoms with Crippen molar-refractivity contribution in [2.24, 2.45) is 5.92 Å². The van der Waals surface area contributed by atoms with Gasteiger partial charge in [-0.15, -0.1) is 0 Å². The molecule has 1 saturated heterocycles. The summed E-state index contributed by atoms with van der Waals surface area (Å²) >= 11 is 0. The lowest BCUT2D eigenvalue weighted by molar-refractivity contribution is -0.214. The number of alkyl halides is 3. The van der Waals surface area contributed by atoms with E-state index in [1.807, 2.05) is 6.19 Å². The molecule has 0 saturated carbocycles. The molecule has 2 heterocycles. The fraction of sp³-hybridized carbons (Fsp3) is 0.640. The zero-order valence-electron chi connectivity index (χ0n) is 22.7. The molecule has 9 nitrogen and oxygen atoms in total. The number of benzene rings is 1. The highest BCUT2D eigenvalue weighted by Crippen LogP contribution is 2.38. The lowest BCUT2D eigenvalue weighted by atomic mass is 9.91. The van der Waals surface area contributed by atoms with Crippen LogP contribution in [0.2, 0.25) is 25.7 Å². The Morgan fingerprint density at radius 3 is 2.33 bits per heavy atom. The highest BCUT2D eigenvalue weighted by Gasteiger charge is 2.48. The predicted molar refractivity (Wildman–Crippen MR) is 145 cm³/mol. The van der Waals surface area contributed by atoms with Crippen molar-refractivity contribution in [3.8, 4) is 12.1 Å². The van der Waals surface area contributed by atoms with E-state index in [1.54, 1.807) is 31.2 Å². The van der Waals surface area contributed by atoms with Crippen molar-refractivity contribution < 1.29 is 31.1 Å². The summed E-state index contributed by atoms with van der Waals surface area (Å²) < 4.78 is 81.9. The van der Waals surface area contributed by atoms with Gasteiger partial charge >= 0.3 is 6.18 Å². The van der Waals surface area contributed by atoms with Crippen molar-refractivity contribution in [2.45, 2.75) is 64.2 Å². The van der Waals surface area contributed by atoms with Gasteiger partial charge in [0.1, 0.15) is 6.73 Å². The molecule has 39 heavy (non-hydrogen) atoms. The zero-order valence-corrected chi connectivity index (χ0v) is 24.6. The van der Waals surface area contributed by atoms with Gasteiger partial charge in [0.15, 0.2) is 12.3 Å². The van der Waals surface area contributed by atoms with Gasteiger partial charge in [-0.2, -0.15) is 18.4 Å². The van der Waals surface area contributed by atoms with Gasteiger partial charge in [0, 0.05) is 33.7 Å². The van der Waals surface area contributed by atoms with Crippen LogP contribution in [0.1, 0.15) is 26.2 Å². The van der Waals surface area contributed by atoms with Crippen LogP contribution >= 0.6 is 0 Å². The van der Waals surface area contributed by atoms with Crippen LogP contribution in [-0.4, -0.2) is 75.8 Å². The van der Waals surface area contributed by atoms with Crippen LogP contribution in [0.15, 0.2) is 24.3 Å². The average molecular weight is 588 g/mol. The SMILES string of the molecule is CCCS(=O)(=O)N(COCC[Si](C)(C)C)c1nc2ccccc2nc1OC(C1CCN(C#N)CC1)C(F)(F)F. The molecule has 1 aromatic heterocycles. The lowest BCUT2D eigenvalue weighted by Gasteiger charge is -2.35. The molecule has 2 aromatic rings. The van der Waals surface area contributed by atoms with E-state index in [2.05, 4.69) is 29.6 Å². The van der Waals surface area contributed by atoms with Crippen molar-refractivity contribution in [3.05, 3.63) is 24.3 Å². The number of likely N-dealkylation sites (tertiary alicyclic amines) is 1. The van der Waals surface area contributed by atoms with Crippen LogP contribution < -0.4 is 9.04 Å². The Balaban J connectivity index is 2.05. The van der Waals surface area contributed by atoms with E-state index in [-0.39, 0.29) is 49.4 Å². The Kier molecular flexibility index (Phi) is 10.1. The van der Waals surface area contributed by atoms with E-state index >= 15 is 0 Å². The third-order valence-corrected chi connectivity index (χ3v) is 10.0. The second-order valence-electron chi connectivity index (χ2n) is 10.9. The molecule has 1 aromatic carbocycles. The van der Waals surface area contributed by atoms with Crippen LogP contribution in [0.4, 0.5) is 19.0 Å². The molecule has 0 radical (unpaired) electrons. The minimum absolute atomic E-state index is 0.0890. The number of nitriles is 1. The van der Waals surface area contributed by atoms with Crippen LogP contribution in [0.25, 0.3) is 11.0 Å². The van der Waals surface area contributed by atoms with Crippen molar-refractivity contribution in [3.63, 3.8) is 0 Å². The molecular formula is C25H36F3N5O4SSi. The number of ether oxygens (including phenoxy) is 2. The Hall–Kier alpha value is -2.63. The summed E-state index contributed by atoms with van der Waals surface area (Å²) in [6, 6.07) is 7.29. The van der Waals surface area contributed by atoms with Gasteiger partial charge in [0.25, 0.3) is 5.88 Å². The number of hydrogen-bond acceptors (Lipinski definition) is 8. The number of sulfonamides is 1. The Bertz CT molecular complexity index is 1260. The summed E-state index contributed by atoms with van der Waals surface area (Å²) in [5.41, 5.74) is 0.577. The summed E-state index contributed by atoms with van der Waals surface area (Å²) in [5.74, 6) is -2.05. The summed E-state index contributed by atoms with van der Waals surface area (Å²) in [5, 5.41) is 9.09. The van der Waals surface area contributed by atoms with Gasteiger partial charge < -0.3 is 14.4 Å². The van der Waals surface area contributed by atoms with Gasteiger partial charge in [-0.1, -0.05) is 38.7 Å². The Morgan fingerprint density at radius 1 is 1.18 bits per heavy atom. The highest BCUT2D eigenvalue weighted by atomic mass is 32.2. The number of nitrogens with zero attached hydrogens (tertiary/aromatic N) is 5. The number of anilines is 1. The van der Waals surface area contributed by atoms with Crippen LogP contribution in [-0.2, 0) is 14.8 Å². The van der Waals surface area contributed by atoms with E-state index in [4.69, 9.17) is 14.7 Å². The predicted octanol–water partition coefficient (Wildman–Crippen LogP) is 4.99. The maximum Gasteiger partial charge on any atom is 0.425 e. The summed E-state index contributed by atoms with van der Waals surface area (Å²) in [6.07, 6.45) is -4.59. The van der Waals surface area contributed by atoms with E-state index in [0.29, 0.717) is 12.1 Å². The monoisotopic (exact) mass is 587 g/mol. The fourth-order valence-electron chi connectivity index (χ4n) is 4.24. The van der Waals surface area contributed by atoms with Gasteiger partial charge in [-0.3, -0.25) is 0 Å². The van der Waals surface area contributed by atoms with Crippen LogP contribution in [0.3, 0.4) is 0 Å². The minimum atomic E-state index is -4.76. The van der Waals surface area contributed by atoms with E-state index in [9.17, 15) is 21.6 Å². The van der Waals surface area contributed by atoms with Crippen molar-refractivity contribution >= 4 is 34.9 Å². The Morgan fingerprint density at radius 2 is 1.79 bits per heavy atom.